The molecule has 0 amide bonds. The predicted octanol–water partition coefficient (Wildman–Crippen LogP) is 0.750. The second kappa shape index (κ2) is 5.19. The highest BCUT2D eigenvalue weighted by atomic mass is 32.2. The molecule has 0 saturated heterocycles. The number of hydrogen-bond acceptors (Lipinski definition) is 5. The van der Waals surface area contributed by atoms with Crippen molar-refractivity contribution in [1.82, 2.24) is 4.72 Å². The van der Waals surface area contributed by atoms with Crippen molar-refractivity contribution in [2.45, 2.75) is 24.3 Å². The fourth-order valence-corrected chi connectivity index (χ4v) is 2.70. The van der Waals surface area contributed by atoms with E-state index in [9.17, 15) is 22.9 Å². The highest BCUT2D eigenvalue weighted by molar-refractivity contribution is 7.89. The first-order valence-corrected chi connectivity index (χ1v) is 6.75. The van der Waals surface area contributed by atoms with Crippen molar-refractivity contribution in [3.63, 3.8) is 0 Å². The summed E-state index contributed by atoms with van der Waals surface area (Å²) in [7, 11) is -3.99. The molecule has 1 aromatic rings. The van der Waals surface area contributed by atoms with Crippen molar-refractivity contribution in [1.29, 1.82) is 0 Å². The molecular weight excluding hydrogens is 277 g/mol. The monoisotopic (exact) mass is 291 g/mol. The Morgan fingerprint density at radius 3 is 2.47 bits per heavy atom. The normalized spacial score (nSPS) is 12.4. The average molecular weight is 291 g/mol. The Bertz CT molecular complexity index is 601. The molecule has 0 aliphatic rings. The Hall–Kier alpha value is -1.58. The van der Waals surface area contributed by atoms with Gasteiger partial charge in [-0.2, -0.15) is 4.39 Å². The minimum atomic E-state index is -3.99. The molecule has 19 heavy (non-hydrogen) atoms. The van der Waals surface area contributed by atoms with E-state index in [4.69, 9.17) is 5.73 Å². The zero-order chi connectivity index (χ0) is 14.8. The Balaban J connectivity index is 3.17. The molecule has 0 saturated carbocycles. The maximum absolute atomic E-state index is 13.4. The zero-order valence-electron chi connectivity index (χ0n) is 10.4. The molecule has 106 valence electrons. The molecule has 9 heteroatoms. The smallest absolute Gasteiger partial charge is 0.304 e. The standard InChI is InChI=1S/C10H14FN3O4S/c1-10(2,6-12)13-19(17,18)7-3-4-9(14(15)16)8(11)5-7/h3-5,13H,6,12H2,1-2H3. The van der Waals surface area contributed by atoms with Gasteiger partial charge >= 0.3 is 5.69 Å². The van der Waals surface area contributed by atoms with Crippen LogP contribution in [0.25, 0.3) is 0 Å². The first-order valence-electron chi connectivity index (χ1n) is 5.27. The number of halogens is 1. The van der Waals surface area contributed by atoms with Gasteiger partial charge in [0.25, 0.3) is 0 Å². The largest absolute Gasteiger partial charge is 0.329 e. The highest BCUT2D eigenvalue weighted by Gasteiger charge is 2.26. The van der Waals surface area contributed by atoms with Crippen LogP contribution in [0.15, 0.2) is 23.1 Å². The van der Waals surface area contributed by atoms with Crippen molar-refractivity contribution < 1.29 is 17.7 Å². The molecule has 7 nitrogen and oxygen atoms in total. The number of sulfonamides is 1. The molecule has 0 unspecified atom stereocenters. The van der Waals surface area contributed by atoms with E-state index < -0.39 is 36.9 Å². The van der Waals surface area contributed by atoms with Crippen LogP contribution in [0.5, 0.6) is 0 Å². The molecule has 0 bridgehead atoms. The number of benzene rings is 1. The van der Waals surface area contributed by atoms with Crippen molar-refractivity contribution in [3.05, 3.63) is 34.1 Å². The molecule has 0 radical (unpaired) electrons. The summed E-state index contributed by atoms with van der Waals surface area (Å²) in [6.07, 6.45) is 0. The number of hydrogen-bond donors (Lipinski definition) is 2. The Labute approximate surface area is 109 Å². The fourth-order valence-electron chi connectivity index (χ4n) is 1.27. The average Bonchev–Trinajstić information content (AvgIpc) is 2.27. The molecule has 0 aliphatic heterocycles. The molecule has 0 aromatic heterocycles. The van der Waals surface area contributed by atoms with Gasteiger partial charge in [0.15, 0.2) is 0 Å². The summed E-state index contributed by atoms with van der Waals surface area (Å²) in [5, 5.41) is 10.4. The van der Waals surface area contributed by atoms with Crippen molar-refractivity contribution >= 4 is 15.7 Å². The number of nitro benzene ring substituents is 1. The second-order valence-corrected chi connectivity index (χ2v) is 6.25. The molecule has 0 atom stereocenters. The second-order valence-electron chi connectivity index (χ2n) is 4.56. The number of rotatable bonds is 5. The van der Waals surface area contributed by atoms with Gasteiger partial charge in [0, 0.05) is 24.2 Å². The van der Waals surface area contributed by atoms with Crippen LogP contribution in [0.1, 0.15) is 13.8 Å². The van der Waals surface area contributed by atoms with E-state index in [2.05, 4.69) is 4.72 Å². The van der Waals surface area contributed by atoms with Gasteiger partial charge in [-0.3, -0.25) is 10.1 Å². The molecule has 0 spiro atoms. The van der Waals surface area contributed by atoms with Crippen LogP contribution >= 0.6 is 0 Å². The number of nitrogens with one attached hydrogen (secondary N) is 1. The first-order chi connectivity index (χ1) is 8.59. The molecule has 1 rings (SSSR count). The zero-order valence-corrected chi connectivity index (χ0v) is 11.2. The lowest BCUT2D eigenvalue weighted by Gasteiger charge is -2.23. The summed E-state index contributed by atoms with van der Waals surface area (Å²) in [6, 6.07) is 2.38. The van der Waals surface area contributed by atoms with Crippen molar-refractivity contribution in [2.24, 2.45) is 5.73 Å². The summed E-state index contributed by atoms with van der Waals surface area (Å²) in [5.74, 6) is -1.21. The van der Waals surface area contributed by atoms with Gasteiger partial charge in [-0.15, -0.1) is 0 Å². The quantitative estimate of drug-likeness (QED) is 0.613. The van der Waals surface area contributed by atoms with Crippen LogP contribution in [-0.2, 0) is 10.0 Å². The predicted molar refractivity (Wildman–Crippen MR) is 66.5 cm³/mol. The maximum Gasteiger partial charge on any atom is 0.304 e. The molecule has 1 aromatic carbocycles. The van der Waals surface area contributed by atoms with Gasteiger partial charge in [-0.05, 0) is 19.9 Å². The number of nitro groups is 1. The van der Waals surface area contributed by atoms with Gasteiger partial charge in [-0.1, -0.05) is 0 Å². The van der Waals surface area contributed by atoms with E-state index in [1.165, 1.54) is 0 Å². The van der Waals surface area contributed by atoms with Crippen LogP contribution < -0.4 is 10.5 Å². The lowest BCUT2D eigenvalue weighted by Crippen LogP contribution is -2.48. The Morgan fingerprint density at radius 2 is 2.05 bits per heavy atom. The minimum Gasteiger partial charge on any atom is -0.329 e. The highest BCUT2D eigenvalue weighted by Crippen LogP contribution is 2.21. The van der Waals surface area contributed by atoms with Crippen LogP contribution in [0.2, 0.25) is 0 Å². The SMILES string of the molecule is CC(C)(CN)NS(=O)(=O)c1ccc([N+](=O)[O-])c(F)c1. The summed E-state index contributed by atoms with van der Waals surface area (Å²) >= 11 is 0. The summed E-state index contributed by atoms with van der Waals surface area (Å²) < 4.78 is 39.5. The van der Waals surface area contributed by atoms with Crippen LogP contribution in [0, 0.1) is 15.9 Å². The maximum atomic E-state index is 13.4. The number of nitrogens with zero attached hydrogens (tertiary/aromatic N) is 1. The number of nitrogens with two attached hydrogens (primary N) is 1. The molecule has 0 fully saturated rings. The van der Waals surface area contributed by atoms with E-state index >= 15 is 0 Å². The van der Waals surface area contributed by atoms with Crippen LogP contribution in [0.4, 0.5) is 10.1 Å². The first kappa shape index (κ1) is 15.5. The molecule has 3 N–H and O–H groups in total. The van der Waals surface area contributed by atoms with Crippen molar-refractivity contribution in [2.75, 3.05) is 6.54 Å². The van der Waals surface area contributed by atoms with Gasteiger partial charge in [0.05, 0.1) is 9.82 Å². The van der Waals surface area contributed by atoms with Gasteiger partial charge in [-0.25, -0.2) is 13.1 Å². The van der Waals surface area contributed by atoms with E-state index in [-0.39, 0.29) is 6.54 Å². The van der Waals surface area contributed by atoms with E-state index in [0.717, 1.165) is 12.1 Å². The summed E-state index contributed by atoms with van der Waals surface area (Å²) in [5.41, 5.74) is 3.71. The summed E-state index contributed by atoms with van der Waals surface area (Å²) in [4.78, 5) is 9.12. The van der Waals surface area contributed by atoms with Crippen LogP contribution in [0.3, 0.4) is 0 Å². The summed E-state index contributed by atoms with van der Waals surface area (Å²) in [6.45, 7) is 3.17. The molecular formula is C10H14FN3O4S. The Morgan fingerprint density at radius 1 is 1.47 bits per heavy atom. The fraction of sp³-hybridized carbons (Fsp3) is 0.400. The molecule has 0 aliphatic carbocycles. The van der Waals surface area contributed by atoms with Gasteiger partial charge in [0.2, 0.25) is 15.8 Å². The third-order valence-corrected chi connectivity index (χ3v) is 4.04. The minimum absolute atomic E-state index is 0.0433. The van der Waals surface area contributed by atoms with E-state index in [0.29, 0.717) is 6.07 Å². The van der Waals surface area contributed by atoms with E-state index in [1.807, 2.05) is 0 Å². The van der Waals surface area contributed by atoms with Crippen LogP contribution in [-0.4, -0.2) is 25.4 Å². The van der Waals surface area contributed by atoms with Crippen molar-refractivity contribution in [3.8, 4) is 0 Å². The molecule has 0 heterocycles. The Kier molecular flexibility index (Phi) is 4.23. The third-order valence-electron chi connectivity index (χ3n) is 2.35. The third kappa shape index (κ3) is 3.69. The lowest BCUT2D eigenvalue weighted by molar-refractivity contribution is -0.387. The lowest BCUT2D eigenvalue weighted by atomic mass is 10.1. The van der Waals surface area contributed by atoms with Gasteiger partial charge in [0.1, 0.15) is 0 Å². The van der Waals surface area contributed by atoms with Gasteiger partial charge < -0.3 is 5.73 Å². The topological polar surface area (TPSA) is 115 Å². The van der Waals surface area contributed by atoms with E-state index in [1.54, 1.807) is 13.8 Å².